The van der Waals surface area contributed by atoms with Crippen LogP contribution in [0.25, 0.3) is 0 Å². The Balaban J connectivity index is 1.63. The average Bonchev–Trinajstić information content (AvgIpc) is 2.99. The molecule has 1 amide bonds. The van der Waals surface area contributed by atoms with Gasteiger partial charge >= 0.3 is 0 Å². The number of piperidine rings is 1. The van der Waals surface area contributed by atoms with Crippen LogP contribution in [-0.2, 0) is 11.2 Å². The Bertz CT molecular complexity index is 734. The Labute approximate surface area is 155 Å². The largest absolute Gasteiger partial charge is 0.314 e. The molecule has 4 nitrogen and oxygen atoms in total. The molecule has 1 saturated heterocycles. The number of carbonyl (C=O) groups excluding carboxylic acids is 1. The van der Waals surface area contributed by atoms with Crippen molar-refractivity contribution in [2.45, 2.75) is 32.2 Å². The molecule has 2 aromatic rings. The summed E-state index contributed by atoms with van der Waals surface area (Å²) in [6.45, 7) is 2.99. The Morgan fingerprint density at radius 3 is 3.08 bits per heavy atom. The summed E-state index contributed by atoms with van der Waals surface area (Å²) in [5, 5.41) is 8.06. The van der Waals surface area contributed by atoms with Gasteiger partial charge in [0.1, 0.15) is 0 Å². The van der Waals surface area contributed by atoms with Crippen LogP contribution < -0.4 is 10.6 Å². The first-order chi connectivity index (χ1) is 11.5. The predicted molar refractivity (Wildman–Crippen MR) is 100 cm³/mol. The summed E-state index contributed by atoms with van der Waals surface area (Å²) in [6, 6.07) is 5.98. The lowest BCUT2D eigenvalue weighted by atomic mass is 9.93. The van der Waals surface area contributed by atoms with Crippen LogP contribution in [0.1, 0.15) is 30.2 Å². The van der Waals surface area contributed by atoms with E-state index in [4.69, 9.17) is 23.2 Å². The number of anilines is 1. The predicted octanol–water partition coefficient (Wildman–Crippen LogP) is 4.37. The minimum Gasteiger partial charge on any atom is -0.314 e. The molecular formula is C17H19Cl2N3OS. The van der Waals surface area contributed by atoms with Gasteiger partial charge in [-0.15, -0.1) is 11.3 Å². The molecule has 24 heavy (non-hydrogen) atoms. The van der Waals surface area contributed by atoms with Gasteiger partial charge in [-0.3, -0.25) is 4.79 Å². The van der Waals surface area contributed by atoms with E-state index >= 15 is 0 Å². The molecule has 0 radical (unpaired) electrons. The third kappa shape index (κ3) is 4.28. The molecule has 7 heteroatoms. The van der Waals surface area contributed by atoms with Crippen molar-refractivity contribution in [1.82, 2.24) is 10.3 Å². The Hall–Kier alpha value is -1.14. The number of thiazole rings is 1. The molecular weight excluding hydrogens is 365 g/mol. The third-order valence-corrected chi connectivity index (χ3v) is 5.95. The smallest absolute Gasteiger partial charge is 0.229 e. The van der Waals surface area contributed by atoms with E-state index < -0.39 is 0 Å². The molecule has 128 valence electrons. The van der Waals surface area contributed by atoms with Gasteiger partial charge in [-0.25, -0.2) is 4.98 Å². The van der Waals surface area contributed by atoms with Crippen LogP contribution in [-0.4, -0.2) is 23.5 Å². The summed E-state index contributed by atoms with van der Waals surface area (Å²) in [5.41, 5.74) is 0.956. The van der Waals surface area contributed by atoms with Crippen LogP contribution in [0, 0.1) is 5.92 Å². The maximum Gasteiger partial charge on any atom is 0.229 e. The van der Waals surface area contributed by atoms with Gasteiger partial charge in [0.25, 0.3) is 0 Å². The number of nitrogens with one attached hydrogen (secondary N) is 2. The number of aromatic nitrogens is 1. The van der Waals surface area contributed by atoms with Gasteiger partial charge in [-0.05, 0) is 37.9 Å². The Morgan fingerprint density at radius 2 is 2.29 bits per heavy atom. The van der Waals surface area contributed by atoms with Gasteiger partial charge in [0, 0.05) is 29.5 Å². The van der Waals surface area contributed by atoms with Crippen molar-refractivity contribution in [2.75, 3.05) is 11.9 Å². The summed E-state index contributed by atoms with van der Waals surface area (Å²) in [6.07, 6.45) is 4.16. The lowest BCUT2D eigenvalue weighted by molar-refractivity contribution is -0.120. The van der Waals surface area contributed by atoms with Gasteiger partial charge in [0.2, 0.25) is 5.91 Å². The minimum atomic E-state index is 0.0518. The van der Waals surface area contributed by atoms with Gasteiger partial charge < -0.3 is 10.6 Å². The maximum absolute atomic E-state index is 12.4. The molecule has 1 aromatic carbocycles. The van der Waals surface area contributed by atoms with E-state index in [1.165, 1.54) is 11.3 Å². The summed E-state index contributed by atoms with van der Waals surface area (Å²) in [5.74, 6) is 0.112. The first-order valence-corrected chi connectivity index (χ1v) is 9.52. The van der Waals surface area contributed by atoms with Gasteiger partial charge in [-0.2, -0.15) is 0 Å². The molecule has 2 heterocycles. The zero-order valence-corrected chi connectivity index (χ0v) is 15.6. The molecule has 2 atom stereocenters. The minimum absolute atomic E-state index is 0.0518. The maximum atomic E-state index is 12.4. The van der Waals surface area contributed by atoms with Crippen molar-refractivity contribution >= 4 is 45.6 Å². The number of rotatable bonds is 4. The molecule has 1 aliphatic rings. The van der Waals surface area contributed by atoms with E-state index in [2.05, 4.69) is 22.5 Å². The highest BCUT2D eigenvalue weighted by Crippen LogP contribution is 2.30. The lowest BCUT2D eigenvalue weighted by Gasteiger charge is -2.26. The molecule has 0 bridgehead atoms. The molecule has 1 aromatic heterocycles. The highest BCUT2D eigenvalue weighted by molar-refractivity contribution is 7.15. The molecule has 1 fully saturated rings. The second-order valence-electron chi connectivity index (χ2n) is 6.09. The topological polar surface area (TPSA) is 54.0 Å². The molecule has 0 unspecified atom stereocenters. The van der Waals surface area contributed by atoms with Crippen molar-refractivity contribution in [1.29, 1.82) is 0 Å². The summed E-state index contributed by atoms with van der Waals surface area (Å²) < 4.78 is 0. The molecule has 0 saturated carbocycles. The number of carbonyl (C=O) groups is 1. The van der Waals surface area contributed by atoms with E-state index in [9.17, 15) is 4.79 Å². The molecule has 1 aliphatic heterocycles. The van der Waals surface area contributed by atoms with Crippen LogP contribution in [0.3, 0.4) is 0 Å². The van der Waals surface area contributed by atoms with Gasteiger partial charge in [0.15, 0.2) is 5.13 Å². The summed E-state index contributed by atoms with van der Waals surface area (Å²) >= 11 is 13.7. The Kier molecular flexibility index (Phi) is 5.76. The fourth-order valence-electron chi connectivity index (χ4n) is 2.90. The Morgan fingerprint density at radius 1 is 1.46 bits per heavy atom. The van der Waals surface area contributed by atoms with Crippen LogP contribution in [0.4, 0.5) is 5.13 Å². The molecule has 2 N–H and O–H groups in total. The summed E-state index contributed by atoms with van der Waals surface area (Å²) in [4.78, 5) is 17.7. The quantitative estimate of drug-likeness (QED) is 0.823. The van der Waals surface area contributed by atoms with Gasteiger partial charge in [-0.1, -0.05) is 35.3 Å². The monoisotopic (exact) mass is 383 g/mol. The fraction of sp³-hybridized carbons (Fsp3) is 0.412. The van der Waals surface area contributed by atoms with Crippen molar-refractivity contribution in [3.8, 4) is 0 Å². The van der Waals surface area contributed by atoms with Crippen LogP contribution in [0.5, 0.6) is 0 Å². The highest BCUT2D eigenvalue weighted by Gasteiger charge is 2.25. The van der Waals surface area contributed by atoms with E-state index in [0.29, 0.717) is 27.6 Å². The summed E-state index contributed by atoms with van der Waals surface area (Å²) in [7, 11) is 0. The third-order valence-electron chi connectivity index (χ3n) is 4.17. The van der Waals surface area contributed by atoms with Crippen LogP contribution in [0.2, 0.25) is 10.0 Å². The standard InChI is InChI=1S/C17H19Cl2N3OS/c1-10-7-12(5-6-20-10)16(23)22-17-21-9-13(24-17)8-11-3-2-4-14(18)15(11)19/h2-4,9-10,12,20H,5-8H2,1H3,(H,21,22,23)/t10-,12-/m0/s1. The van der Waals surface area contributed by atoms with Crippen molar-refractivity contribution in [3.05, 3.63) is 44.9 Å². The van der Waals surface area contributed by atoms with Gasteiger partial charge in [0.05, 0.1) is 10.0 Å². The second kappa shape index (κ2) is 7.83. The number of amides is 1. The number of nitrogens with zero attached hydrogens (tertiary/aromatic N) is 1. The average molecular weight is 384 g/mol. The van der Waals surface area contributed by atoms with Crippen LogP contribution >= 0.6 is 34.5 Å². The number of hydrogen-bond acceptors (Lipinski definition) is 4. The molecule has 0 aliphatic carbocycles. The number of benzene rings is 1. The van der Waals surface area contributed by atoms with E-state index in [-0.39, 0.29) is 11.8 Å². The first kappa shape index (κ1) is 17.7. The fourth-order valence-corrected chi connectivity index (χ4v) is 4.12. The SMILES string of the molecule is C[C@H]1C[C@@H](C(=O)Nc2ncc(Cc3cccc(Cl)c3Cl)s2)CCN1. The van der Waals surface area contributed by atoms with Crippen molar-refractivity contribution < 1.29 is 4.79 Å². The lowest BCUT2D eigenvalue weighted by Crippen LogP contribution is -2.40. The second-order valence-corrected chi connectivity index (χ2v) is 7.99. The van der Waals surface area contributed by atoms with E-state index in [0.717, 1.165) is 29.8 Å². The van der Waals surface area contributed by atoms with E-state index in [1.54, 1.807) is 12.3 Å². The first-order valence-electron chi connectivity index (χ1n) is 7.94. The number of hydrogen-bond donors (Lipinski definition) is 2. The normalized spacial score (nSPS) is 20.8. The zero-order chi connectivity index (χ0) is 17.1. The van der Waals surface area contributed by atoms with Crippen LogP contribution in [0.15, 0.2) is 24.4 Å². The number of halogens is 2. The van der Waals surface area contributed by atoms with Crippen molar-refractivity contribution in [3.63, 3.8) is 0 Å². The zero-order valence-electron chi connectivity index (χ0n) is 13.3. The molecule has 3 rings (SSSR count). The highest BCUT2D eigenvalue weighted by atomic mass is 35.5. The van der Waals surface area contributed by atoms with E-state index in [1.807, 2.05) is 12.1 Å². The van der Waals surface area contributed by atoms with Crippen molar-refractivity contribution in [2.24, 2.45) is 5.92 Å². The molecule has 0 spiro atoms.